The number of benzene rings is 1. The number of ether oxygens (including phenoxy) is 1. The summed E-state index contributed by atoms with van der Waals surface area (Å²) in [6.07, 6.45) is -0.0356. The lowest BCUT2D eigenvalue weighted by molar-refractivity contribution is -0.133. The van der Waals surface area contributed by atoms with Crippen LogP contribution in [-0.4, -0.2) is 93.8 Å². The van der Waals surface area contributed by atoms with Crippen molar-refractivity contribution in [3.63, 3.8) is 0 Å². The Morgan fingerprint density at radius 1 is 0.843 bits per heavy atom. The van der Waals surface area contributed by atoms with Crippen LogP contribution in [0.3, 0.4) is 0 Å². The Hall–Kier alpha value is -3.85. The number of carboxylic acid groups (broad SMARTS) is 1. The monoisotopic (exact) mass is 737 g/mol. The minimum absolute atomic E-state index is 0.0180. The first kappa shape index (κ1) is 45.2. The number of alkyl carbamates (subject to hydrolysis) is 1. The topological polar surface area (TPSA) is 212 Å². The molecular weight excluding hydrogens is 678 g/mol. The fraction of sp³-hybridized carbons (Fsp3) is 0.667. The number of thioether (sulfide) groups is 1. The van der Waals surface area contributed by atoms with Crippen molar-refractivity contribution < 1.29 is 43.7 Å². The summed E-state index contributed by atoms with van der Waals surface area (Å²) >= 11 is 1.48. The van der Waals surface area contributed by atoms with Gasteiger partial charge in [0.05, 0.1) is 24.1 Å². The molecule has 288 valence electrons. The van der Waals surface area contributed by atoms with E-state index >= 15 is 0 Å². The molecular formula is C36H59N5O9S. The summed E-state index contributed by atoms with van der Waals surface area (Å²) in [6.45, 7) is 16.0. The van der Waals surface area contributed by atoms with Crippen molar-refractivity contribution in [2.45, 2.75) is 124 Å². The second kappa shape index (κ2) is 21.5. The number of carbonyl (C=O) groups is 6. The third-order valence-electron chi connectivity index (χ3n) is 7.68. The van der Waals surface area contributed by atoms with E-state index in [9.17, 15) is 39.0 Å². The van der Waals surface area contributed by atoms with Crippen molar-refractivity contribution in [1.82, 2.24) is 26.6 Å². The lowest BCUT2D eigenvalue weighted by atomic mass is 9.96. The minimum Gasteiger partial charge on any atom is -0.478 e. The van der Waals surface area contributed by atoms with Crippen molar-refractivity contribution >= 4 is 47.5 Å². The van der Waals surface area contributed by atoms with Crippen LogP contribution in [0.1, 0.15) is 97.5 Å². The molecule has 1 rings (SSSR count). The molecule has 1 unspecified atom stereocenters. The van der Waals surface area contributed by atoms with Crippen LogP contribution < -0.4 is 26.6 Å². The van der Waals surface area contributed by atoms with Gasteiger partial charge in [0.1, 0.15) is 23.7 Å². The highest BCUT2D eigenvalue weighted by Gasteiger charge is 2.33. The highest BCUT2D eigenvalue weighted by Crippen LogP contribution is 2.15. The van der Waals surface area contributed by atoms with E-state index in [-0.39, 0.29) is 36.3 Å². The van der Waals surface area contributed by atoms with Crippen LogP contribution in [-0.2, 0) is 30.5 Å². The summed E-state index contributed by atoms with van der Waals surface area (Å²) in [6, 6.07) is 2.37. The number of hydrogen-bond donors (Lipinski definition) is 7. The van der Waals surface area contributed by atoms with Crippen LogP contribution >= 0.6 is 11.8 Å². The average molecular weight is 738 g/mol. The van der Waals surface area contributed by atoms with Gasteiger partial charge in [-0.25, -0.2) is 9.59 Å². The Morgan fingerprint density at radius 2 is 1.45 bits per heavy atom. The fourth-order valence-electron chi connectivity index (χ4n) is 5.05. The zero-order chi connectivity index (χ0) is 39.1. The smallest absolute Gasteiger partial charge is 0.408 e. The molecule has 0 aromatic heterocycles. The Bertz CT molecular complexity index is 1330. The molecule has 1 aromatic carbocycles. The van der Waals surface area contributed by atoms with E-state index in [1.165, 1.54) is 23.9 Å². The lowest BCUT2D eigenvalue weighted by Crippen LogP contribution is -2.58. The summed E-state index contributed by atoms with van der Waals surface area (Å²) in [4.78, 5) is 76.9. The van der Waals surface area contributed by atoms with E-state index in [1.807, 2.05) is 20.1 Å². The molecule has 15 heteroatoms. The molecule has 7 N–H and O–H groups in total. The Morgan fingerprint density at radius 3 is 1.98 bits per heavy atom. The summed E-state index contributed by atoms with van der Waals surface area (Å²) in [5, 5.41) is 34.0. The van der Waals surface area contributed by atoms with E-state index in [0.717, 1.165) is 0 Å². The second-order valence-electron chi connectivity index (χ2n) is 14.7. The van der Waals surface area contributed by atoms with Gasteiger partial charge in [0.15, 0.2) is 0 Å². The Labute approximate surface area is 306 Å². The first-order chi connectivity index (χ1) is 23.6. The van der Waals surface area contributed by atoms with Gasteiger partial charge < -0.3 is 41.5 Å². The predicted octanol–water partition coefficient (Wildman–Crippen LogP) is 3.21. The van der Waals surface area contributed by atoms with Crippen LogP contribution in [0.25, 0.3) is 0 Å². The fourth-order valence-corrected chi connectivity index (χ4v) is 5.52. The van der Waals surface area contributed by atoms with Crippen LogP contribution in [0.4, 0.5) is 4.79 Å². The molecule has 51 heavy (non-hydrogen) atoms. The minimum atomic E-state index is -1.32. The quantitative estimate of drug-likeness (QED) is 0.104. The number of carbonyl (C=O) groups excluding carboxylic acids is 5. The van der Waals surface area contributed by atoms with Gasteiger partial charge in [-0.3, -0.25) is 19.2 Å². The summed E-state index contributed by atoms with van der Waals surface area (Å²) in [5.41, 5.74) is -0.113. The molecule has 0 aliphatic heterocycles. The number of amides is 5. The molecule has 0 aliphatic carbocycles. The first-order valence-corrected chi connectivity index (χ1v) is 18.7. The van der Waals surface area contributed by atoms with Crippen LogP contribution in [0.15, 0.2) is 24.3 Å². The maximum Gasteiger partial charge on any atom is 0.408 e. The van der Waals surface area contributed by atoms with Gasteiger partial charge in [-0.2, -0.15) is 11.8 Å². The highest BCUT2D eigenvalue weighted by atomic mass is 32.2. The zero-order valence-corrected chi connectivity index (χ0v) is 32.4. The number of hydrogen-bond acceptors (Lipinski definition) is 9. The molecule has 5 atom stereocenters. The molecule has 0 saturated heterocycles. The van der Waals surface area contributed by atoms with Gasteiger partial charge in [0.25, 0.3) is 0 Å². The number of carboxylic acids is 1. The molecule has 0 radical (unpaired) electrons. The summed E-state index contributed by atoms with van der Waals surface area (Å²) in [5.74, 6) is -3.37. The van der Waals surface area contributed by atoms with E-state index < -0.39 is 78.0 Å². The van der Waals surface area contributed by atoms with Gasteiger partial charge in [0.2, 0.25) is 23.6 Å². The molecule has 0 heterocycles. The van der Waals surface area contributed by atoms with Crippen molar-refractivity contribution in [3.8, 4) is 0 Å². The van der Waals surface area contributed by atoms with Crippen LogP contribution in [0, 0.1) is 17.8 Å². The Kier molecular flexibility index (Phi) is 19.0. The molecule has 5 amide bonds. The van der Waals surface area contributed by atoms with Gasteiger partial charge in [-0.1, -0.05) is 53.7 Å². The summed E-state index contributed by atoms with van der Waals surface area (Å²) < 4.78 is 5.31. The molecule has 0 fully saturated rings. The highest BCUT2D eigenvalue weighted by molar-refractivity contribution is 7.98. The van der Waals surface area contributed by atoms with Crippen molar-refractivity contribution in [1.29, 1.82) is 0 Å². The second-order valence-corrected chi connectivity index (χ2v) is 15.7. The molecule has 0 bridgehead atoms. The Balaban J connectivity index is 3.02. The number of rotatable bonds is 20. The molecule has 0 spiro atoms. The number of aliphatic hydroxyl groups is 1. The normalized spacial score (nSPS) is 14.5. The third kappa shape index (κ3) is 17.3. The lowest BCUT2D eigenvalue weighted by Gasteiger charge is -2.30. The number of aromatic carboxylic acids is 1. The third-order valence-corrected chi connectivity index (χ3v) is 8.33. The molecule has 14 nitrogen and oxygen atoms in total. The van der Waals surface area contributed by atoms with E-state index in [2.05, 4.69) is 26.6 Å². The van der Waals surface area contributed by atoms with Crippen molar-refractivity contribution in [2.75, 3.05) is 12.0 Å². The van der Waals surface area contributed by atoms with E-state index in [0.29, 0.717) is 17.7 Å². The van der Waals surface area contributed by atoms with Gasteiger partial charge in [0, 0.05) is 6.54 Å². The van der Waals surface area contributed by atoms with Gasteiger partial charge >= 0.3 is 12.1 Å². The average Bonchev–Trinajstić information content (AvgIpc) is 3.01. The predicted molar refractivity (Wildman–Crippen MR) is 197 cm³/mol. The van der Waals surface area contributed by atoms with E-state index in [4.69, 9.17) is 4.74 Å². The SMILES string of the molecule is CSCC[C@H](NC(=O)[C@@H](NC(=O)OC(C)(C)C)C(C)C)C(=O)NC(CC(C)C)[C@@H](O)CC(=O)N[C@@H](C(=O)NCc1cccc(C(=O)O)c1)C(C)C. The summed E-state index contributed by atoms with van der Waals surface area (Å²) in [7, 11) is 0. The van der Waals surface area contributed by atoms with Crippen LogP contribution in [0.2, 0.25) is 0 Å². The van der Waals surface area contributed by atoms with E-state index in [1.54, 1.807) is 60.6 Å². The van der Waals surface area contributed by atoms with Crippen LogP contribution in [0.5, 0.6) is 0 Å². The van der Waals surface area contributed by atoms with Crippen molar-refractivity contribution in [2.24, 2.45) is 17.8 Å². The molecule has 1 aromatic rings. The van der Waals surface area contributed by atoms with Gasteiger partial charge in [-0.15, -0.1) is 0 Å². The number of aliphatic hydroxyl groups excluding tert-OH is 1. The largest absolute Gasteiger partial charge is 0.478 e. The zero-order valence-electron chi connectivity index (χ0n) is 31.6. The first-order valence-electron chi connectivity index (χ1n) is 17.3. The molecule has 0 saturated carbocycles. The maximum atomic E-state index is 13.6. The number of nitrogens with one attached hydrogen (secondary N) is 5. The molecule has 0 aliphatic rings. The van der Waals surface area contributed by atoms with Gasteiger partial charge in [-0.05, 0) is 81.1 Å². The maximum absolute atomic E-state index is 13.6. The standard InChI is InChI=1S/C36H59N5O9S/c1-20(2)16-26(39-31(44)25(14-15-51-10)38-33(46)30(22(5)6)41-35(49)50-36(7,8)9)27(42)18-28(43)40-29(21(3)4)32(45)37-19-23-12-11-13-24(17-23)34(47)48/h11-13,17,20-22,25-27,29-30,42H,14-16,18-19H2,1-10H3,(H,37,45)(H,38,46)(H,39,44)(H,40,43)(H,41,49)(H,47,48)/t25-,26?,27-,29+,30-/m0/s1. The van der Waals surface area contributed by atoms with Crippen molar-refractivity contribution in [3.05, 3.63) is 35.4 Å².